The zero-order valence-electron chi connectivity index (χ0n) is 17.7. The molecule has 1 unspecified atom stereocenters. The van der Waals surface area contributed by atoms with Gasteiger partial charge in [0.2, 0.25) is 0 Å². The fourth-order valence-electron chi connectivity index (χ4n) is 4.32. The highest BCUT2D eigenvalue weighted by Gasteiger charge is 2.28. The molecule has 1 aliphatic carbocycles. The molecule has 0 bridgehead atoms. The molecule has 2 heterocycles. The number of aliphatic imine (C=N–C) groups is 1. The Labute approximate surface area is 193 Å². The SMILES string of the molecule is O=C(NC1CCCCC1)c1ccc(NC2N=C3C=CC=C(c4ccc(Cl)cc4)N3N2)cc1. The fourth-order valence-corrected chi connectivity index (χ4v) is 4.45. The van der Waals surface area contributed by atoms with E-state index in [4.69, 9.17) is 16.6 Å². The molecule has 0 spiro atoms. The van der Waals surface area contributed by atoms with Crippen LogP contribution >= 0.6 is 11.6 Å². The number of benzene rings is 2. The Morgan fingerprint density at radius 2 is 1.78 bits per heavy atom. The molecule has 6 nitrogen and oxygen atoms in total. The number of allylic oxidation sites excluding steroid dienone is 2. The Kier molecular flexibility index (Phi) is 5.97. The normalized spacial score (nSPS) is 20.4. The van der Waals surface area contributed by atoms with Crippen LogP contribution in [0.4, 0.5) is 5.69 Å². The van der Waals surface area contributed by atoms with Crippen LogP contribution in [0.25, 0.3) is 5.70 Å². The Hall–Kier alpha value is -3.09. The van der Waals surface area contributed by atoms with Crippen molar-refractivity contribution < 1.29 is 4.79 Å². The van der Waals surface area contributed by atoms with E-state index in [-0.39, 0.29) is 12.2 Å². The summed E-state index contributed by atoms with van der Waals surface area (Å²) in [6.45, 7) is 0. The molecule has 2 aromatic carbocycles. The molecule has 0 aromatic heterocycles. The predicted octanol–water partition coefficient (Wildman–Crippen LogP) is 4.93. The van der Waals surface area contributed by atoms with Crippen LogP contribution in [0.2, 0.25) is 5.02 Å². The summed E-state index contributed by atoms with van der Waals surface area (Å²) in [6, 6.07) is 15.6. The molecule has 32 heavy (non-hydrogen) atoms. The summed E-state index contributed by atoms with van der Waals surface area (Å²) < 4.78 is 0. The number of carbonyl (C=O) groups excluding carboxylic acids is 1. The van der Waals surface area contributed by atoms with Gasteiger partial charge in [-0.25, -0.2) is 4.99 Å². The van der Waals surface area contributed by atoms with Crippen LogP contribution in [-0.2, 0) is 0 Å². The van der Waals surface area contributed by atoms with Gasteiger partial charge in [0.05, 0.1) is 5.70 Å². The molecule has 1 fully saturated rings. The summed E-state index contributed by atoms with van der Waals surface area (Å²) in [5, 5.41) is 9.21. The van der Waals surface area contributed by atoms with Crippen LogP contribution < -0.4 is 16.1 Å². The zero-order chi connectivity index (χ0) is 21.9. The molecule has 1 atom stereocenters. The topological polar surface area (TPSA) is 68.8 Å². The minimum atomic E-state index is -0.314. The molecule has 164 valence electrons. The molecule has 3 N–H and O–H groups in total. The van der Waals surface area contributed by atoms with Gasteiger partial charge in [0.25, 0.3) is 5.91 Å². The van der Waals surface area contributed by atoms with Crippen molar-refractivity contribution in [2.45, 2.75) is 44.4 Å². The van der Waals surface area contributed by atoms with Gasteiger partial charge in [0.1, 0.15) is 5.84 Å². The number of rotatable bonds is 5. The first-order valence-electron chi connectivity index (χ1n) is 11.1. The molecule has 1 amide bonds. The van der Waals surface area contributed by atoms with Gasteiger partial charge in [-0.15, -0.1) is 0 Å². The molecule has 7 heteroatoms. The minimum absolute atomic E-state index is 0.00250. The van der Waals surface area contributed by atoms with Crippen molar-refractivity contribution in [1.29, 1.82) is 0 Å². The van der Waals surface area contributed by atoms with Gasteiger partial charge in [0.15, 0.2) is 6.29 Å². The molecular formula is C25H26ClN5O. The summed E-state index contributed by atoms with van der Waals surface area (Å²) in [7, 11) is 0. The number of amidine groups is 1. The maximum Gasteiger partial charge on any atom is 0.251 e. The molecule has 2 aromatic rings. The molecule has 1 saturated carbocycles. The third-order valence-corrected chi connectivity index (χ3v) is 6.26. The number of hydrogen-bond donors (Lipinski definition) is 3. The standard InChI is InChI=1S/C25H26ClN5O/c26-19-13-9-17(10-14-19)22-7-4-8-23-29-25(30-31(22)23)28-21-15-11-18(12-16-21)24(32)27-20-5-2-1-3-6-20/h4,7-16,20,25,28,30H,1-3,5-6H2,(H,27,32). The number of amides is 1. The van der Waals surface area contributed by atoms with Crippen molar-refractivity contribution in [2.75, 3.05) is 5.32 Å². The van der Waals surface area contributed by atoms with Crippen LogP contribution in [0.3, 0.4) is 0 Å². The average Bonchev–Trinajstić information content (AvgIpc) is 3.23. The van der Waals surface area contributed by atoms with Gasteiger partial charge < -0.3 is 10.6 Å². The molecule has 0 saturated heterocycles. The monoisotopic (exact) mass is 447 g/mol. The zero-order valence-corrected chi connectivity index (χ0v) is 18.5. The van der Waals surface area contributed by atoms with E-state index in [2.05, 4.69) is 16.1 Å². The number of nitrogens with one attached hydrogen (secondary N) is 3. The number of halogens is 1. The summed E-state index contributed by atoms with van der Waals surface area (Å²) in [5.41, 5.74) is 7.00. The van der Waals surface area contributed by atoms with Crippen LogP contribution in [-0.4, -0.2) is 29.1 Å². The molecule has 3 aliphatic rings. The Balaban J connectivity index is 1.21. The lowest BCUT2D eigenvalue weighted by atomic mass is 9.95. The van der Waals surface area contributed by atoms with E-state index in [1.807, 2.05) is 71.8 Å². The van der Waals surface area contributed by atoms with Crippen LogP contribution in [0, 0.1) is 0 Å². The lowest BCUT2D eigenvalue weighted by molar-refractivity contribution is 0.0927. The third-order valence-electron chi connectivity index (χ3n) is 6.01. The van der Waals surface area contributed by atoms with Gasteiger partial charge in [0, 0.05) is 22.3 Å². The van der Waals surface area contributed by atoms with Crippen molar-refractivity contribution in [1.82, 2.24) is 15.8 Å². The lowest BCUT2D eigenvalue weighted by Gasteiger charge is -2.26. The second-order valence-corrected chi connectivity index (χ2v) is 8.74. The summed E-state index contributed by atoms with van der Waals surface area (Å²) in [6.07, 6.45) is 11.5. The number of hydrogen-bond acceptors (Lipinski definition) is 5. The largest absolute Gasteiger partial charge is 0.350 e. The van der Waals surface area contributed by atoms with Crippen molar-refractivity contribution >= 4 is 34.7 Å². The Morgan fingerprint density at radius 3 is 2.53 bits per heavy atom. The highest BCUT2D eigenvalue weighted by molar-refractivity contribution is 6.30. The molecule has 5 rings (SSSR count). The number of fused-ring (bicyclic) bond motifs is 1. The number of carbonyl (C=O) groups is 1. The fraction of sp³-hybridized carbons (Fsp3) is 0.280. The van der Waals surface area contributed by atoms with E-state index in [0.717, 1.165) is 35.6 Å². The maximum atomic E-state index is 12.5. The number of hydrazine groups is 1. The maximum absolute atomic E-state index is 12.5. The first-order valence-corrected chi connectivity index (χ1v) is 11.5. The van der Waals surface area contributed by atoms with Crippen molar-refractivity contribution in [3.8, 4) is 0 Å². The third kappa shape index (κ3) is 4.56. The van der Waals surface area contributed by atoms with Crippen molar-refractivity contribution in [2.24, 2.45) is 4.99 Å². The van der Waals surface area contributed by atoms with E-state index < -0.39 is 0 Å². The highest BCUT2D eigenvalue weighted by atomic mass is 35.5. The second-order valence-electron chi connectivity index (χ2n) is 8.30. The molecule has 2 aliphatic heterocycles. The first kappa shape index (κ1) is 20.8. The van der Waals surface area contributed by atoms with Crippen molar-refractivity contribution in [3.05, 3.63) is 82.9 Å². The number of nitrogens with zero attached hydrogens (tertiary/aromatic N) is 2. The number of anilines is 1. The van der Waals surface area contributed by atoms with Crippen LogP contribution in [0.1, 0.15) is 48.0 Å². The van der Waals surface area contributed by atoms with E-state index in [1.165, 1.54) is 19.3 Å². The van der Waals surface area contributed by atoms with Crippen LogP contribution in [0.15, 0.2) is 71.8 Å². The minimum Gasteiger partial charge on any atom is -0.350 e. The van der Waals surface area contributed by atoms with Gasteiger partial charge in [-0.05, 0) is 67.0 Å². The van der Waals surface area contributed by atoms with Gasteiger partial charge in [-0.1, -0.05) is 49.1 Å². The van der Waals surface area contributed by atoms with E-state index in [0.29, 0.717) is 16.6 Å². The average molecular weight is 448 g/mol. The van der Waals surface area contributed by atoms with Crippen LogP contribution in [0.5, 0.6) is 0 Å². The van der Waals surface area contributed by atoms with Gasteiger partial charge in [-0.2, -0.15) is 5.43 Å². The quantitative estimate of drug-likeness (QED) is 0.608. The lowest BCUT2D eigenvalue weighted by Crippen LogP contribution is -2.42. The van der Waals surface area contributed by atoms with Gasteiger partial charge >= 0.3 is 0 Å². The summed E-state index contributed by atoms with van der Waals surface area (Å²) >= 11 is 6.03. The summed E-state index contributed by atoms with van der Waals surface area (Å²) in [4.78, 5) is 17.3. The Bertz CT molecular complexity index is 1070. The Morgan fingerprint density at radius 1 is 1.03 bits per heavy atom. The molecule has 0 radical (unpaired) electrons. The van der Waals surface area contributed by atoms with Crippen molar-refractivity contribution in [3.63, 3.8) is 0 Å². The van der Waals surface area contributed by atoms with E-state index >= 15 is 0 Å². The second kappa shape index (κ2) is 9.18. The predicted molar refractivity (Wildman–Crippen MR) is 129 cm³/mol. The smallest absolute Gasteiger partial charge is 0.251 e. The van der Waals surface area contributed by atoms with E-state index in [9.17, 15) is 4.79 Å². The first-order chi connectivity index (χ1) is 15.7. The van der Waals surface area contributed by atoms with Gasteiger partial charge in [-0.3, -0.25) is 9.80 Å². The highest BCUT2D eigenvalue weighted by Crippen LogP contribution is 2.26. The summed E-state index contributed by atoms with van der Waals surface area (Å²) in [5.74, 6) is 0.834. The molecular weight excluding hydrogens is 422 g/mol. The van der Waals surface area contributed by atoms with E-state index in [1.54, 1.807) is 0 Å².